The average Bonchev–Trinajstić information content (AvgIpc) is 2.85. The summed E-state index contributed by atoms with van der Waals surface area (Å²) >= 11 is 2.15. The number of nitrogens with two attached hydrogens (primary N) is 1. The summed E-state index contributed by atoms with van der Waals surface area (Å²) in [5.41, 5.74) is 8.63. The van der Waals surface area contributed by atoms with Crippen LogP contribution in [0.3, 0.4) is 0 Å². The maximum atomic E-state index is 8.82. The fraction of sp³-hybridized carbons (Fsp3) is 0.500. The number of nitrogens with zero attached hydrogens (tertiary/aromatic N) is 4. The van der Waals surface area contributed by atoms with Crippen LogP contribution in [0.15, 0.2) is 6.33 Å². The zero-order valence-electron chi connectivity index (χ0n) is 11.3. The molecule has 1 aliphatic carbocycles. The number of nitrogen functional groups attached to an aromatic ring is 1. The van der Waals surface area contributed by atoms with E-state index in [9.17, 15) is 0 Å². The Balaban J connectivity index is 1.86. The van der Waals surface area contributed by atoms with Crippen LogP contribution in [0, 0.1) is 15.0 Å². The highest BCUT2D eigenvalue weighted by Crippen LogP contribution is 2.35. The quantitative estimate of drug-likeness (QED) is 0.263. The number of anilines is 1. The number of rotatable bonds is 2. The molecule has 3 rings (SSSR count). The van der Waals surface area contributed by atoms with E-state index < -0.39 is 0 Å². The first-order chi connectivity index (χ1) is 10.1. The molecule has 1 fully saturated rings. The van der Waals surface area contributed by atoms with Crippen molar-refractivity contribution in [1.82, 2.24) is 25.2 Å². The Labute approximate surface area is 134 Å². The monoisotopic (exact) mass is 401 g/mol. The van der Waals surface area contributed by atoms with E-state index in [1.165, 1.54) is 6.33 Å². The van der Waals surface area contributed by atoms with E-state index in [1.54, 1.807) is 0 Å². The van der Waals surface area contributed by atoms with Gasteiger partial charge in [-0.25, -0.2) is 14.6 Å². The number of hydroxylamine groups is 1. The molecule has 2 aromatic heterocycles. The molecule has 0 aromatic carbocycles. The Hall–Kier alpha value is -1.49. The Bertz CT molecular complexity index is 678. The van der Waals surface area contributed by atoms with Crippen molar-refractivity contribution in [3.8, 4) is 0 Å². The van der Waals surface area contributed by atoms with Gasteiger partial charge in [0.05, 0.1) is 11.4 Å². The molecule has 21 heavy (non-hydrogen) atoms. The number of nitrogens with one attached hydrogen (secondary N) is 2. The smallest absolute Gasteiger partial charge is 0.164 e. The molecule has 112 valence electrons. The molecule has 0 spiro atoms. The van der Waals surface area contributed by atoms with Gasteiger partial charge in [0.2, 0.25) is 0 Å². The van der Waals surface area contributed by atoms with Crippen LogP contribution in [0.2, 0.25) is 0 Å². The summed E-state index contributed by atoms with van der Waals surface area (Å²) < 4.78 is 2.74. The second-order valence-electron chi connectivity index (χ2n) is 5.22. The van der Waals surface area contributed by atoms with Gasteiger partial charge in [-0.3, -0.25) is 16.1 Å². The molecule has 0 saturated heterocycles. The van der Waals surface area contributed by atoms with Crippen molar-refractivity contribution >= 4 is 45.3 Å². The highest BCUT2D eigenvalue weighted by atomic mass is 127. The normalized spacial score (nSPS) is 22.4. The lowest BCUT2D eigenvalue weighted by molar-refractivity contribution is 0.215. The van der Waals surface area contributed by atoms with Crippen LogP contribution in [0.4, 0.5) is 5.82 Å². The minimum atomic E-state index is 0.0897. The number of amidine groups is 1. The van der Waals surface area contributed by atoms with Gasteiger partial charge < -0.3 is 5.73 Å². The first-order valence-electron chi connectivity index (χ1n) is 6.74. The lowest BCUT2D eigenvalue weighted by Gasteiger charge is -2.28. The molecular formula is C12H16IN7O. The predicted molar refractivity (Wildman–Crippen MR) is 86.1 cm³/mol. The summed E-state index contributed by atoms with van der Waals surface area (Å²) in [6.07, 6.45) is 4.94. The third-order valence-corrected chi connectivity index (χ3v) is 4.80. The first kappa shape index (κ1) is 14.4. The van der Waals surface area contributed by atoms with Gasteiger partial charge in [0.15, 0.2) is 5.65 Å². The van der Waals surface area contributed by atoms with Crippen LogP contribution in [-0.2, 0) is 0 Å². The Morgan fingerprint density at radius 3 is 2.76 bits per heavy atom. The molecule has 0 amide bonds. The van der Waals surface area contributed by atoms with E-state index in [0.29, 0.717) is 5.82 Å². The lowest BCUT2D eigenvalue weighted by Crippen LogP contribution is -2.31. The van der Waals surface area contributed by atoms with E-state index in [0.717, 1.165) is 40.4 Å². The molecule has 2 aromatic rings. The van der Waals surface area contributed by atoms with Crippen LogP contribution >= 0.6 is 22.6 Å². The van der Waals surface area contributed by atoms with Crippen LogP contribution in [-0.4, -0.2) is 30.8 Å². The fourth-order valence-corrected chi connectivity index (χ4v) is 3.66. The molecule has 0 radical (unpaired) electrons. The molecule has 9 heteroatoms. The molecule has 0 aliphatic heterocycles. The van der Waals surface area contributed by atoms with Crippen molar-refractivity contribution in [2.24, 2.45) is 5.92 Å². The summed E-state index contributed by atoms with van der Waals surface area (Å²) in [4.78, 5) is 8.34. The predicted octanol–water partition coefficient (Wildman–Crippen LogP) is 1.70. The van der Waals surface area contributed by atoms with Crippen LogP contribution in [0.5, 0.6) is 0 Å². The second-order valence-corrected chi connectivity index (χ2v) is 6.25. The SMILES string of the molecule is N=C(NO)C1CCC(n2nc(I)c3c(N)ncnc32)CC1. The van der Waals surface area contributed by atoms with Crippen molar-refractivity contribution in [2.45, 2.75) is 31.7 Å². The molecule has 1 aliphatic rings. The minimum absolute atomic E-state index is 0.0897. The molecule has 1 saturated carbocycles. The van der Waals surface area contributed by atoms with Gasteiger partial charge in [-0.1, -0.05) is 0 Å². The summed E-state index contributed by atoms with van der Waals surface area (Å²) in [6.45, 7) is 0. The van der Waals surface area contributed by atoms with Gasteiger partial charge >= 0.3 is 0 Å². The zero-order chi connectivity index (χ0) is 15.0. The third kappa shape index (κ3) is 2.55. The topological polar surface area (TPSA) is 126 Å². The van der Waals surface area contributed by atoms with Crippen molar-refractivity contribution in [3.05, 3.63) is 10.0 Å². The van der Waals surface area contributed by atoms with E-state index in [-0.39, 0.29) is 17.8 Å². The van der Waals surface area contributed by atoms with Gasteiger partial charge in [0.25, 0.3) is 0 Å². The van der Waals surface area contributed by atoms with Crippen molar-refractivity contribution in [3.63, 3.8) is 0 Å². The number of hydrogen-bond acceptors (Lipinski definition) is 6. The van der Waals surface area contributed by atoms with Crippen LogP contribution in [0.1, 0.15) is 31.7 Å². The first-order valence-corrected chi connectivity index (χ1v) is 7.82. The summed E-state index contributed by atoms with van der Waals surface area (Å²) in [7, 11) is 0. The highest BCUT2D eigenvalue weighted by molar-refractivity contribution is 14.1. The number of halogens is 1. The largest absolute Gasteiger partial charge is 0.383 e. The van der Waals surface area contributed by atoms with Crippen LogP contribution < -0.4 is 11.2 Å². The third-order valence-electron chi connectivity index (χ3n) is 4.05. The maximum absolute atomic E-state index is 8.82. The number of fused-ring (bicyclic) bond motifs is 1. The summed E-state index contributed by atoms with van der Waals surface area (Å²) in [5.74, 6) is 0.738. The van der Waals surface area contributed by atoms with Gasteiger partial charge in [0, 0.05) is 5.92 Å². The minimum Gasteiger partial charge on any atom is -0.383 e. The summed E-state index contributed by atoms with van der Waals surface area (Å²) in [5, 5.41) is 21.8. The summed E-state index contributed by atoms with van der Waals surface area (Å²) in [6, 6.07) is 0.244. The van der Waals surface area contributed by atoms with Crippen LogP contribution in [0.25, 0.3) is 11.0 Å². The lowest BCUT2D eigenvalue weighted by atomic mass is 9.85. The van der Waals surface area contributed by atoms with Gasteiger partial charge in [-0.15, -0.1) is 0 Å². The fourth-order valence-electron chi connectivity index (χ4n) is 2.91. The van der Waals surface area contributed by atoms with E-state index in [2.05, 4.69) is 37.7 Å². The van der Waals surface area contributed by atoms with Gasteiger partial charge in [-0.05, 0) is 48.3 Å². The molecular weight excluding hydrogens is 385 g/mol. The molecule has 2 heterocycles. The molecule has 5 N–H and O–H groups in total. The Morgan fingerprint density at radius 2 is 2.10 bits per heavy atom. The number of aromatic nitrogens is 4. The average molecular weight is 401 g/mol. The maximum Gasteiger partial charge on any atom is 0.164 e. The van der Waals surface area contributed by atoms with Gasteiger partial charge in [-0.2, -0.15) is 5.10 Å². The van der Waals surface area contributed by atoms with E-state index in [1.807, 2.05) is 10.2 Å². The Morgan fingerprint density at radius 1 is 1.38 bits per heavy atom. The molecule has 0 bridgehead atoms. The van der Waals surface area contributed by atoms with E-state index in [4.69, 9.17) is 16.4 Å². The zero-order valence-corrected chi connectivity index (χ0v) is 13.4. The van der Waals surface area contributed by atoms with Crippen molar-refractivity contribution < 1.29 is 5.21 Å². The molecule has 0 atom stereocenters. The Kier molecular flexibility index (Phi) is 3.93. The molecule has 0 unspecified atom stereocenters. The van der Waals surface area contributed by atoms with Crippen molar-refractivity contribution in [1.29, 1.82) is 5.41 Å². The standard InChI is InChI=1S/C12H16IN7O/c13-9-8-11(15)16-5-17-12(8)20(18-9)7-3-1-6(2-4-7)10(14)19-21/h5-7,21H,1-4H2,(H2,14,19)(H2,15,16,17). The number of hydrogen-bond donors (Lipinski definition) is 4. The highest BCUT2D eigenvalue weighted by Gasteiger charge is 2.27. The molecule has 8 nitrogen and oxygen atoms in total. The second kappa shape index (κ2) is 5.72. The van der Waals surface area contributed by atoms with E-state index >= 15 is 0 Å². The van der Waals surface area contributed by atoms with Crippen molar-refractivity contribution in [2.75, 3.05) is 5.73 Å². The van der Waals surface area contributed by atoms with Gasteiger partial charge in [0.1, 0.15) is 21.7 Å².